The van der Waals surface area contributed by atoms with Crippen LogP contribution in [-0.4, -0.2) is 4.57 Å². The third-order valence-electron chi connectivity index (χ3n) is 10.4. The number of hydrogen-bond acceptors (Lipinski definition) is 0. The zero-order valence-corrected chi connectivity index (χ0v) is 30.3. The third kappa shape index (κ3) is 6.74. The van der Waals surface area contributed by atoms with Gasteiger partial charge in [-0.1, -0.05) is 103 Å². The largest absolute Gasteiger partial charge is 0.309 e. The summed E-state index contributed by atoms with van der Waals surface area (Å²) in [5.74, 6) is -0.507. The van der Waals surface area contributed by atoms with Crippen LogP contribution in [0.1, 0.15) is 55.6 Å². The van der Waals surface area contributed by atoms with Crippen LogP contribution in [-0.2, 0) is 0 Å². The maximum atomic E-state index is 13.9. The van der Waals surface area contributed by atoms with E-state index in [1.807, 2.05) is 30.3 Å². The Morgan fingerprint density at radius 3 is 1.23 bits per heavy atom. The molecule has 0 unspecified atom stereocenters. The fourth-order valence-corrected chi connectivity index (χ4v) is 7.14. The average molecular weight is 692 g/mol. The Kier molecular flexibility index (Phi) is 8.94. The van der Waals surface area contributed by atoms with Crippen LogP contribution in [0, 0.1) is 39.3 Å². The highest BCUT2D eigenvalue weighted by molar-refractivity contribution is 6.11. The Morgan fingerprint density at radius 1 is 0.415 bits per heavy atom. The number of para-hydroxylation sites is 1. The molecule has 0 saturated heterocycles. The molecular weight excluding hydrogens is 653 g/mol. The smallest absolute Gasteiger partial charge is 0.123 e. The molecule has 0 N–H and O–H groups in total. The summed E-state index contributed by atoms with van der Waals surface area (Å²) in [6, 6.07) is 50.4. The van der Waals surface area contributed by atoms with Gasteiger partial charge in [0, 0.05) is 16.5 Å². The van der Waals surface area contributed by atoms with Crippen molar-refractivity contribution in [1.82, 2.24) is 4.57 Å². The van der Waals surface area contributed by atoms with Gasteiger partial charge in [-0.3, -0.25) is 0 Å². The molecule has 0 fully saturated rings. The maximum absolute atomic E-state index is 13.9. The van der Waals surface area contributed by atoms with Crippen molar-refractivity contribution in [3.8, 4) is 5.69 Å². The number of rotatable bonds is 7. The molecule has 1 aromatic heterocycles. The molecule has 0 atom stereocenters. The fourth-order valence-electron chi connectivity index (χ4n) is 7.14. The van der Waals surface area contributed by atoms with Crippen molar-refractivity contribution in [2.45, 2.75) is 27.7 Å². The summed E-state index contributed by atoms with van der Waals surface area (Å²) >= 11 is 0. The first-order valence-electron chi connectivity index (χ1n) is 18.0. The lowest BCUT2D eigenvalue weighted by atomic mass is 9.92. The van der Waals surface area contributed by atoms with Gasteiger partial charge < -0.3 is 4.57 Å². The fraction of sp³-hybridized carbons (Fsp3) is 0.0800. The van der Waals surface area contributed by atoms with Crippen LogP contribution in [0.2, 0.25) is 0 Å². The number of fused-ring (bicyclic) bond motifs is 3. The summed E-state index contributed by atoms with van der Waals surface area (Å²) in [5.41, 5.74) is 16.5. The number of halogens is 2. The van der Waals surface area contributed by atoms with Crippen LogP contribution >= 0.6 is 0 Å². The maximum Gasteiger partial charge on any atom is 0.123 e. The number of benzene rings is 7. The van der Waals surface area contributed by atoms with E-state index >= 15 is 0 Å². The molecule has 8 rings (SSSR count). The Bertz CT molecular complexity index is 2530. The molecular formula is C50H39F2N. The van der Waals surface area contributed by atoms with E-state index < -0.39 is 0 Å². The Morgan fingerprint density at radius 2 is 0.811 bits per heavy atom. The normalized spacial score (nSPS) is 12.2. The van der Waals surface area contributed by atoms with Crippen molar-refractivity contribution in [2.24, 2.45) is 0 Å². The first-order valence-corrected chi connectivity index (χ1v) is 18.0. The molecule has 258 valence electrons. The predicted octanol–water partition coefficient (Wildman–Crippen LogP) is 13.5. The zero-order valence-electron chi connectivity index (χ0n) is 30.3. The summed E-state index contributed by atoms with van der Waals surface area (Å²) in [6.45, 7) is 8.53. The van der Waals surface area contributed by atoms with E-state index in [-0.39, 0.29) is 11.6 Å². The molecule has 1 nitrogen and oxygen atoms in total. The van der Waals surface area contributed by atoms with Crippen molar-refractivity contribution in [1.29, 1.82) is 0 Å². The Hall–Kier alpha value is -6.32. The van der Waals surface area contributed by atoms with Gasteiger partial charge in [0.1, 0.15) is 11.6 Å². The SMILES string of the molecule is Cc1ccc(/C(=C/c2ccc(F)cc2)c2ccc3c4ccc(/C(=C\c5ccc(F)cc5)c5ccc(C)c(C)c5)cc4n(-c4ccccc4)c3c2)cc1C. The van der Waals surface area contributed by atoms with Gasteiger partial charge >= 0.3 is 0 Å². The second kappa shape index (κ2) is 14.0. The quantitative estimate of drug-likeness (QED) is 0.147. The average Bonchev–Trinajstić information content (AvgIpc) is 3.50. The van der Waals surface area contributed by atoms with E-state index in [1.165, 1.54) is 46.5 Å². The summed E-state index contributed by atoms with van der Waals surface area (Å²) in [5, 5.41) is 2.30. The van der Waals surface area contributed by atoms with Crippen LogP contribution in [0.25, 0.3) is 50.8 Å². The number of aromatic nitrogens is 1. The van der Waals surface area contributed by atoms with Crippen molar-refractivity contribution < 1.29 is 8.78 Å². The highest BCUT2D eigenvalue weighted by atomic mass is 19.1. The summed E-state index contributed by atoms with van der Waals surface area (Å²) in [6.07, 6.45) is 4.29. The minimum absolute atomic E-state index is 0.253. The van der Waals surface area contributed by atoms with E-state index in [9.17, 15) is 8.78 Å². The van der Waals surface area contributed by atoms with Gasteiger partial charge in [-0.15, -0.1) is 0 Å². The molecule has 3 heteroatoms. The highest BCUT2D eigenvalue weighted by Gasteiger charge is 2.17. The van der Waals surface area contributed by atoms with Crippen molar-refractivity contribution in [3.63, 3.8) is 0 Å². The standard InChI is InChI=1S/C50H39F2N/c1-32-10-16-38(26-34(32)3)47(28-36-12-20-42(51)21-13-36)40-18-24-45-46-25-19-41(31-50(46)53(49(45)30-40)44-8-6-5-7-9-44)48(29-37-14-22-43(52)23-15-37)39-17-11-33(2)35(4)27-39/h5-31H,1-4H3/b47-28-,48-29-. The zero-order chi connectivity index (χ0) is 36.6. The van der Waals surface area contributed by atoms with Crippen LogP contribution < -0.4 is 0 Å². The highest BCUT2D eigenvalue weighted by Crippen LogP contribution is 2.38. The third-order valence-corrected chi connectivity index (χ3v) is 10.4. The van der Waals surface area contributed by atoms with Gasteiger partial charge in [-0.2, -0.15) is 0 Å². The van der Waals surface area contributed by atoms with E-state index in [2.05, 4.69) is 141 Å². The summed E-state index contributed by atoms with van der Waals surface area (Å²) in [7, 11) is 0. The van der Waals surface area contributed by atoms with Crippen LogP contribution in [0.15, 0.2) is 152 Å². The molecule has 0 spiro atoms. The molecule has 0 aliphatic carbocycles. The second-order valence-corrected chi connectivity index (χ2v) is 14.0. The molecule has 0 saturated carbocycles. The van der Waals surface area contributed by atoms with E-state index in [0.717, 1.165) is 72.0 Å². The molecule has 0 bridgehead atoms. The molecule has 0 radical (unpaired) electrons. The monoisotopic (exact) mass is 691 g/mol. The molecule has 8 aromatic rings. The van der Waals surface area contributed by atoms with Crippen LogP contribution in [0.5, 0.6) is 0 Å². The molecule has 0 aliphatic heterocycles. The topological polar surface area (TPSA) is 4.93 Å². The summed E-state index contributed by atoms with van der Waals surface area (Å²) in [4.78, 5) is 0. The number of hydrogen-bond donors (Lipinski definition) is 0. The van der Waals surface area contributed by atoms with E-state index in [0.29, 0.717) is 0 Å². The van der Waals surface area contributed by atoms with Crippen molar-refractivity contribution >= 4 is 45.1 Å². The molecule has 7 aromatic carbocycles. The second-order valence-electron chi connectivity index (χ2n) is 14.0. The lowest BCUT2D eigenvalue weighted by Gasteiger charge is -2.14. The van der Waals surface area contributed by atoms with E-state index in [1.54, 1.807) is 0 Å². The van der Waals surface area contributed by atoms with Crippen molar-refractivity contribution in [3.05, 3.63) is 219 Å². The predicted molar refractivity (Wildman–Crippen MR) is 219 cm³/mol. The minimum atomic E-state index is -0.253. The van der Waals surface area contributed by atoms with Gasteiger partial charge in [0.05, 0.1) is 11.0 Å². The lowest BCUT2D eigenvalue weighted by molar-refractivity contribution is 0.627. The Balaban J connectivity index is 1.37. The molecule has 0 amide bonds. The molecule has 1 heterocycles. The van der Waals surface area contributed by atoms with Crippen molar-refractivity contribution in [2.75, 3.05) is 0 Å². The first kappa shape index (κ1) is 33.8. The first-order chi connectivity index (χ1) is 25.7. The Labute approximate surface area is 309 Å². The van der Waals surface area contributed by atoms with Crippen LogP contribution in [0.4, 0.5) is 8.78 Å². The van der Waals surface area contributed by atoms with Gasteiger partial charge in [0.2, 0.25) is 0 Å². The molecule has 0 aliphatic rings. The summed E-state index contributed by atoms with van der Waals surface area (Å²) < 4.78 is 30.2. The molecule has 53 heavy (non-hydrogen) atoms. The number of nitrogens with zero attached hydrogens (tertiary/aromatic N) is 1. The van der Waals surface area contributed by atoms with Gasteiger partial charge in [-0.05, 0) is 155 Å². The minimum Gasteiger partial charge on any atom is -0.309 e. The van der Waals surface area contributed by atoms with Crippen LogP contribution in [0.3, 0.4) is 0 Å². The van der Waals surface area contributed by atoms with Gasteiger partial charge in [0.15, 0.2) is 0 Å². The lowest BCUT2D eigenvalue weighted by Crippen LogP contribution is -1.96. The van der Waals surface area contributed by atoms with Gasteiger partial charge in [-0.25, -0.2) is 8.78 Å². The van der Waals surface area contributed by atoms with Gasteiger partial charge in [0.25, 0.3) is 0 Å². The number of aryl methyl sites for hydroxylation is 4. The van der Waals surface area contributed by atoms with E-state index in [4.69, 9.17) is 0 Å².